The van der Waals surface area contributed by atoms with Crippen molar-refractivity contribution in [2.24, 2.45) is 0 Å². The molecule has 0 atom stereocenters. The van der Waals surface area contributed by atoms with Crippen LogP contribution in [0.4, 0.5) is 0 Å². The molecule has 0 unspecified atom stereocenters. The number of hydrogen-bond donors (Lipinski definition) is 0. The summed E-state index contributed by atoms with van der Waals surface area (Å²) in [4.78, 5) is 23.7. The first kappa shape index (κ1) is 11.6. The maximum atomic E-state index is 11.9. The average molecular weight is 234 g/mol. The monoisotopic (exact) mass is 234 g/mol. The molecule has 17 heavy (non-hydrogen) atoms. The van der Waals surface area contributed by atoms with Crippen molar-refractivity contribution in [1.82, 2.24) is 0 Å². The third-order valence-electron chi connectivity index (χ3n) is 2.88. The Morgan fingerprint density at radius 3 is 2.12 bits per heavy atom. The molecule has 1 saturated heterocycles. The van der Waals surface area contributed by atoms with E-state index in [2.05, 4.69) is 0 Å². The number of hydrogen-bond acceptors (Lipinski definition) is 4. The molecule has 1 aromatic carbocycles. The Bertz CT molecular complexity index is 420. The van der Waals surface area contributed by atoms with Gasteiger partial charge < -0.3 is 9.47 Å². The minimum Gasteiger partial charge on any atom is -0.422 e. The van der Waals surface area contributed by atoms with Gasteiger partial charge in [-0.25, -0.2) is 0 Å². The first-order valence-electron chi connectivity index (χ1n) is 5.56. The molecule has 1 heterocycles. The minimum atomic E-state index is -1.13. The van der Waals surface area contributed by atoms with Crippen LogP contribution in [0.3, 0.4) is 0 Å². The van der Waals surface area contributed by atoms with Crippen LogP contribution in [-0.4, -0.2) is 17.7 Å². The fourth-order valence-electron chi connectivity index (χ4n) is 1.72. The highest BCUT2D eigenvalue weighted by Crippen LogP contribution is 2.31. The highest BCUT2D eigenvalue weighted by atomic mass is 16.7. The molecule has 4 nitrogen and oxygen atoms in total. The zero-order valence-electron chi connectivity index (χ0n) is 9.80. The van der Waals surface area contributed by atoms with Gasteiger partial charge in [0.1, 0.15) is 0 Å². The van der Waals surface area contributed by atoms with E-state index in [1.165, 1.54) is 0 Å². The van der Waals surface area contributed by atoms with Gasteiger partial charge in [0.2, 0.25) is 0 Å². The van der Waals surface area contributed by atoms with E-state index in [1.807, 2.05) is 6.07 Å². The first-order chi connectivity index (χ1) is 8.06. The van der Waals surface area contributed by atoms with Gasteiger partial charge in [-0.1, -0.05) is 37.3 Å². The third-order valence-corrected chi connectivity index (χ3v) is 2.88. The van der Waals surface area contributed by atoms with E-state index in [1.54, 1.807) is 38.1 Å². The Morgan fingerprint density at radius 1 is 1.12 bits per heavy atom. The molecule has 1 fully saturated rings. The van der Waals surface area contributed by atoms with Crippen molar-refractivity contribution in [2.75, 3.05) is 0 Å². The van der Waals surface area contributed by atoms with E-state index >= 15 is 0 Å². The summed E-state index contributed by atoms with van der Waals surface area (Å²) in [6.07, 6.45) is 0.436. The van der Waals surface area contributed by atoms with Crippen molar-refractivity contribution in [2.45, 2.75) is 32.0 Å². The highest BCUT2D eigenvalue weighted by molar-refractivity contribution is 6.02. The van der Waals surface area contributed by atoms with Crippen LogP contribution in [0.15, 0.2) is 30.3 Å². The molecule has 2 rings (SSSR count). The Morgan fingerprint density at radius 2 is 1.65 bits per heavy atom. The molecule has 1 aliphatic rings. The van der Waals surface area contributed by atoms with E-state index in [-0.39, 0.29) is 0 Å². The van der Waals surface area contributed by atoms with Gasteiger partial charge in [0.25, 0.3) is 5.79 Å². The normalized spacial score (nSPS) is 28.5. The van der Waals surface area contributed by atoms with Crippen molar-refractivity contribution in [3.63, 3.8) is 0 Å². The fraction of sp³-hybridized carbons (Fsp3) is 0.385. The van der Waals surface area contributed by atoms with E-state index < -0.39 is 23.6 Å². The van der Waals surface area contributed by atoms with Gasteiger partial charge in [-0.3, -0.25) is 9.59 Å². The predicted octanol–water partition coefficient (Wildman–Crippen LogP) is 2.00. The molecule has 0 aromatic heterocycles. The van der Waals surface area contributed by atoms with Crippen LogP contribution < -0.4 is 0 Å². The number of benzene rings is 1. The summed E-state index contributed by atoms with van der Waals surface area (Å²) in [5.74, 6) is -3.18. The lowest BCUT2D eigenvalue weighted by molar-refractivity contribution is -0.241. The number of rotatable bonds is 2. The number of cyclic esters (lactones) is 2. The van der Waals surface area contributed by atoms with Crippen LogP contribution in [0.1, 0.15) is 31.7 Å². The maximum Gasteiger partial charge on any atom is 0.328 e. The summed E-state index contributed by atoms with van der Waals surface area (Å²) in [6, 6.07) is 8.77. The second-order valence-corrected chi connectivity index (χ2v) is 4.17. The molecule has 0 bridgehead atoms. The molecule has 0 saturated carbocycles. The number of carbonyl (C=O) groups is 2. The predicted molar refractivity (Wildman–Crippen MR) is 60.1 cm³/mol. The van der Waals surface area contributed by atoms with Gasteiger partial charge in [0, 0.05) is 13.3 Å². The second kappa shape index (κ2) is 4.20. The maximum absolute atomic E-state index is 11.9. The number of ether oxygens (including phenoxy) is 2. The van der Waals surface area contributed by atoms with Crippen molar-refractivity contribution in [3.05, 3.63) is 35.9 Å². The van der Waals surface area contributed by atoms with Crippen LogP contribution in [0.2, 0.25) is 0 Å². The molecule has 0 amide bonds. The standard InChI is InChI=1S/C13H14O4/c1-3-13(2)16-11(14)10(12(15)17-13)9-7-5-4-6-8-9/h4-8,10H,3H2,1-2H3. The zero-order chi connectivity index (χ0) is 12.5. The lowest BCUT2D eigenvalue weighted by atomic mass is 9.98. The molecule has 0 aliphatic carbocycles. The summed E-state index contributed by atoms with van der Waals surface area (Å²) in [5, 5.41) is 0. The van der Waals surface area contributed by atoms with Crippen LogP contribution in [0, 0.1) is 0 Å². The molecular formula is C13H14O4. The van der Waals surface area contributed by atoms with Gasteiger partial charge in [-0.05, 0) is 5.56 Å². The molecule has 4 heteroatoms. The Hall–Kier alpha value is -1.84. The summed E-state index contributed by atoms with van der Waals surface area (Å²) < 4.78 is 10.4. The van der Waals surface area contributed by atoms with Crippen LogP contribution >= 0.6 is 0 Å². The second-order valence-electron chi connectivity index (χ2n) is 4.17. The molecule has 0 radical (unpaired) electrons. The van der Waals surface area contributed by atoms with E-state index in [4.69, 9.17) is 9.47 Å². The smallest absolute Gasteiger partial charge is 0.328 e. The van der Waals surface area contributed by atoms with Gasteiger partial charge >= 0.3 is 11.9 Å². The van der Waals surface area contributed by atoms with Gasteiger partial charge in [0.05, 0.1) is 0 Å². The Labute approximate surface area is 99.5 Å². The molecular weight excluding hydrogens is 220 g/mol. The van der Waals surface area contributed by atoms with Gasteiger partial charge in [-0.2, -0.15) is 0 Å². The number of esters is 2. The molecule has 90 valence electrons. The van der Waals surface area contributed by atoms with E-state index in [9.17, 15) is 9.59 Å². The van der Waals surface area contributed by atoms with Gasteiger partial charge in [-0.15, -0.1) is 0 Å². The van der Waals surface area contributed by atoms with E-state index in [0.29, 0.717) is 12.0 Å². The number of carbonyl (C=O) groups excluding carboxylic acids is 2. The largest absolute Gasteiger partial charge is 0.422 e. The summed E-state index contributed by atoms with van der Waals surface area (Å²) >= 11 is 0. The van der Waals surface area contributed by atoms with Crippen molar-refractivity contribution in [3.8, 4) is 0 Å². The fourth-order valence-corrected chi connectivity index (χ4v) is 1.72. The third kappa shape index (κ3) is 2.16. The van der Waals surface area contributed by atoms with Crippen molar-refractivity contribution in [1.29, 1.82) is 0 Å². The quantitative estimate of drug-likeness (QED) is 0.580. The summed E-state index contributed by atoms with van der Waals surface area (Å²) in [7, 11) is 0. The summed E-state index contributed by atoms with van der Waals surface area (Å²) in [6.45, 7) is 3.38. The zero-order valence-corrected chi connectivity index (χ0v) is 9.80. The van der Waals surface area contributed by atoms with E-state index in [0.717, 1.165) is 0 Å². The molecule has 1 aromatic rings. The first-order valence-corrected chi connectivity index (χ1v) is 5.56. The lowest BCUT2D eigenvalue weighted by Gasteiger charge is -2.35. The SMILES string of the molecule is CCC1(C)OC(=O)C(c2ccccc2)C(=O)O1. The van der Waals surface area contributed by atoms with Crippen molar-refractivity contribution >= 4 is 11.9 Å². The topological polar surface area (TPSA) is 52.6 Å². The Kier molecular flexibility index (Phi) is 2.88. The lowest BCUT2D eigenvalue weighted by Crippen LogP contribution is -2.46. The average Bonchev–Trinajstić information content (AvgIpc) is 2.29. The summed E-state index contributed by atoms with van der Waals surface area (Å²) in [5.41, 5.74) is 0.598. The van der Waals surface area contributed by atoms with Crippen LogP contribution in [-0.2, 0) is 19.1 Å². The Balaban J connectivity index is 2.28. The van der Waals surface area contributed by atoms with Gasteiger partial charge in [0.15, 0.2) is 5.92 Å². The molecule has 0 N–H and O–H groups in total. The minimum absolute atomic E-state index is 0.436. The highest BCUT2D eigenvalue weighted by Gasteiger charge is 2.45. The molecule has 0 spiro atoms. The van der Waals surface area contributed by atoms with Crippen LogP contribution in [0.25, 0.3) is 0 Å². The van der Waals surface area contributed by atoms with Crippen molar-refractivity contribution < 1.29 is 19.1 Å². The molecule has 1 aliphatic heterocycles. The van der Waals surface area contributed by atoms with Crippen LogP contribution in [0.5, 0.6) is 0 Å².